The van der Waals surface area contributed by atoms with Crippen LogP contribution in [-0.4, -0.2) is 62.1 Å². The zero-order valence-corrected chi connectivity index (χ0v) is 15.3. The first-order chi connectivity index (χ1) is 11.2. The molecule has 0 radical (unpaired) electrons. The van der Waals surface area contributed by atoms with E-state index in [9.17, 15) is 4.79 Å². The van der Waals surface area contributed by atoms with Gasteiger partial charge in [0.05, 0.1) is 24.4 Å². The van der Waals surface area contributed by atoms with Crippen molar-refractivity contribution in [1.82, 2.24) is 4.90 Å². The van der Waals surface area contributed by atoms with Gasteiger partial charge in [-0.3, -0.25) is 9.79 Å². The van der Waals surface area contributed by atoms with Crippen molar-refractivity contribution in [3.63, 3.8) is 0 Å². The molecular weight excluding hydrogens is 307 g/mol. The van der Waals surface area contributed by atoms with Gasteiger partial charge in [-0.15, -0.1) is 0 Å². The molecule has 0 spiro atoms. The van der Waals surface area contributed by atoms with E-state index >= 15 is 0 Å². The van der Waals surface area contributed by atoms with Crippen LogP contribution in [0.4, 0.5) is 0 Å². The second-order valence-electron chi connectivity index (χ2n) is 7.13. The number of hydrogen-bond acceptors (Lipinski definition) is 5. The highest BCUT2D eigenvalue weighted by Gasteiger charge is 2.52. The molecule has 2 heterocycles. The summed E-state index contributed by atoms with van der Waals surface area (Å²) < 4.78 is 17.4. The van der Waals surface area contributed by atoms with Crippen LogP contribution in [0.15, 0.2) is 28.3 Å². The molecule has 2 aliphatic heterocycles. The highest BCUT2D eigenvalue weighted by atomic mass is 16.7. The number of aliphatic imine (C=N–C) groups is 1. The van der Waals surface area contributed by atoms with E-state index in [1.54, 1.807) is 24.1 Å². The van der Waals surface area contributed by atoms with E-state index < -0.39 is 18.3 Å². The van der Waals surface area contributed by atoms with Gasteiger partial charge in [0.2, 0.25) is 5.91 Å². The Balaban J connectivity index is 2.18. The summed E-state index contributed by atoms with van der Waals surface area (Å²) in [6, 6.07) is 0. The predicted molar refractivity (Wildman–Crippen MR) is 94.9 cm³/mol. The summed E-state index contributed by atoms with van der Waals surface area (Å²) in [4.78, 5) is 18.2. The van der Waals surface area contributed by atoms with E-state index in [0.29, 0.717) is 37.3 Å². The minimum atomic E-state index is -0.576. The van der Waals surface area contributed by atoms with Crippen molar-refractivity contribution in [2.45, 2.75) is 45.8 Å². The minimum absolute atomic E-state index is 0.00946. The third kappa shape index (κ3) is 3.96. The maximum Gasteiger partial charge on any atom is 0.496 e. The summed E-state index contributed by atoms with van der Waals surface area (Å²) in [5, 5.41) is 0. The summed E-state index contributed by atoms with van der Waals surface area (Å²) in [7, 11) is -0.576. The Hall–Kier alpha value is -1.44. The highest BCUT2D eigenvalue weighted by molar-refractivity contribution is 6.55. The highest BCUT2D eigenvalue weighted by Crippen LogP contribution is 2.38. The van der Waals surface area contributed by atoms with Gasteiger partial charge in [0.1, 0.15) is 0 Å². The third-order valence-electron chi connectivity index (χ3n) is 4.78. The summed E-state index contributed by atoms with van der Waals surface area (Å²) in [6.07, 6.45) is 3.35. The molecule has 0 aromatic rings. The molecule has 6 nitrogen and oxygen atoms in total. The van der Waals surface area contributed by atoms with Crippen LogP contribution in [0.5, 0.6) is 0 Å². The Kier molecular flexibility index (Phi) is 5.68. The fourth-order valence-corrected chi connectivity index (χ4v) is 2.58. The monoisotopic (exact) mass is 334 g/mol. The summed E-state index contributed by atoms with van der Waals surface area (Å²) in [6.45, 7) is 15.6. The molecule has 0 N–H and O–H groups in total. The van der Waals surface area contributed by atoms with Crippen LogP contribution in [0.25, 0.3) is 0 Å². The van der Waals surface area contributed by atoms with Gasteiger partial charge in [0, 0.05) is 30.3 Å². The van der Waals surface area contributed by atoms with Gasteiger partial charge in [-0.1, -0.05) is 6.08 Å². The first-order valence-electron chi connectivity index (χ1n) is 8.25. The molecule has 2 aliphatic rings. The van der Waals surface area contributed by atoms with Crippen LogP contribution in [-0.2, 0) is 18.8 Å². The minimum Gasteiger partial charge on any atom is -0.399 e. The Bertz CT molecular complexity index is 547. The topological polar surface area (TPSA) is 60.4 Å². The van der Waals surface area contributed by atoms with E-state index in [0.717, 1.165) is 0 Å². The molecule has 7 heteroatoms. The standard InChI is InChI=1S/C17H27BN2O4/c1-13(15(21)20-7-9-22-10-8-20)11-14(12-19-6)18-23-16(2,3)17(4,5)24-18/h11-12H,6-10H2,1-5H3. The second kappa shape index (κ2) is 7.21. The molecule has 0 saturated carbocycles. The summed E-state index contributed by atoms with van der Waals surface area (Å²) in [5.41, 5.74) is 0.395. The molecule has 0 unspecified atom stereocenters. The van der Waals surface area contributed by atoms with Gasteiger partial charge in [0.25, 0.3) is 0 Å². The van der Waals surface area contributed by atoms with Crippen molar-refractivity contribution in [1.29, 1.82) is 0 Å². The number of allylic oxidation sites excluding steroid dienone is 2. The number of ether oxygens (including phenoxy) is 1. The molecule has 0 aromatic carbocycles. The maximum atomic E-state index is 12.6. The summed E-state index contributed by atoms with van der Waals surface area (Å²) in [5.74, 6) is -0.00946. The Morgan fingerprint density at radius 3 is 2.21 bits per heavy atom. The Labute approximate surface area is 144 Å². The molecule has 1 amide bonds. The quantitative estimate of drug-likeness (QED) is 0.342. The molecule has 0 bridgehead atoms. The number of rotatable bonds is 4. The lowest BCUT2D eigenvalue weighted by Crippen LogP contribution is -2.41. The van der Waals surface area contributed by atoms with E-state index in [2.05, 4.69) is 11.7 Å². The van der Waals surface area contributed by atoms with E-state index in [1.807, 2.05) is 27.7 Å². The number of carbonyl (C=O) groups excluding carboxylic acids is 1. The Morgan fingerprint density at radius 1 is 1.17 bits per heavy atom. The molecule has 2 saturated heterocycles. The average Bonchev–Trinajstić information content (AvgIpc) is 2.75. The first kappa shape index (κ1) is 18.9. The number of nitrogens with zero attached hydrogens (tertiary/aromatic N) is 2. The number of carbonyl (C=O) groups is 1. The molecular formula is C17H27BN2O4. The van der Waals surface area contributed by atoms with Crippen LogP contribution in [0.2, 0.25) is 0 Å². The van der Waals surface area contributed by atoms with Crippen molar-refractivity contribution in [3.05, 3.63) is 23.3 Å². The van der Waals surface area contributed by atoms with Crippen LogP contribution >= 0.6 is 0 Å². The van der Waals surface area contributed by atoms with Crippen molar-refractivity contribution < 1.29 is 18.8 Å². The molecule has 0 aliphatic carbocycles. The van der Waals surface area contributed by atoms with E-state index in [1.165, 1.54) is 0 Å². The van der Waals surface area contributed by atoms with Gasteiger partial charge < -0.3 is 18.9 Å². The van der Waals surface area contributed by atoms with Gasteiger partial charge in [-0.2, -0.15) is 0 Å². The van der Waals surface area contributed by atoms with E-state index in [-0.39, 0.29) is 5.91 Å². The van der Waals surface area contributed by atoms with Crippen LogP contribution in [0.3, 0.4) is 0 Å². The van der Waals surface area contributed by atoms with Crippen LogP contribution in [0.1, 0.15) is 34.6 Å². The molecule has 132 valence electrons. The van der Waals surface area contributed by atoms with Crippen LogP contribution < -0.4 is 0 Å². The smallest absolute Gasteiger partial charge is 0.399 e. The molecule has 2 fully saturated rings. The lowest BCUT2D eigenvalue weighted by atomic mass is 9.77. The zero-order chi connectivity index (χ0) is 18.0. The van der Waals surface area contributed by atoms with E-state index in [4.69, 9.17) is 14.0 Å². The normalized spacial score (nSPS) is 24.2. The largest absolute Gasteiger partial charge is 0.496 e. The maximum absolute atomic E-state index is 12.6. The lowest BCUT2D eigenvalue weighted by molar-refractivity contribution is -0.131. The number of hydrogen-bond donors (Lipinski definition) is 0. The van der Waals surface area contributed by atoms with Gasteiger partial charge in [0.15, 0.2) is 0 Å². The molecule has 0 atom stereocenters. The van der Waals surface area contributed by atoms with Gasteiger partial charge in [-0.05, 0) is 41.3 Å². The molecule has 24 heavy (non-hydrogen) atoms. The van der Waals surface area contributed by atoms with Crippen molar-refractivity contribution >= 4 is 19.7 Å². The van der Waals surface area contributed by atoms with Crippen molar-refractivity contribution in [3.8, 4) is 0 Å². The number of morpholine rings is 1. The average molecular weight is 334 g/mol. The molecule has 2 rings (SSSR count). The predicted octanol–water partition coefficient (Wildman–Crippen LogP) is 2.01. The fourth-order valence-electron chi connectivity index (χ4n) is 2.58. The first-order valence-corrected chi connectivity index (χ1v) is 8.25. The number of amides is 1. The van der Waals surface area contributed by atoms with Crippen molar-refractivity contribution in [2.75, 3.05) is 26.3 Å². The zero-order valence-electron chi connectivity index (χ0n) is 15.3. The second-order valence-corrected chi connectivity index (χ2v) is 7.13. The molecule has 0 aromatic heterocycles. The fraction of sp³-hybridized carbons (Fsp3) is 0.647. The Morgan fingerprint density at radius 2 is 1.71 bits per heavy atom. The van der Waals surface area contributed by atoms with Crippen LogP contribution in [0, 0.1) is 0 Å². The van der Waals surface area contributed by atoms with Gasteiger partial charge in [-0.25, -0.2) is 0 Å². The third-order valence-corrected chi connectivity index (χ3v) is 4.78. The lowest BCUT2D eigenvalue weighted by Gasteiger charge is -2.32. The van der Waals surface area contributed by atoms with Crippen molar-refractivity contribution in [2.24, 2.45) is 4.99 Å². The van der Waals surface area contributed by atoms with Gasteiger partial charge >= 0.3 is 7.12 Å². The summed E-state index contributed by atoms with van der Waals surface area (Å²) >= 11 is 0. The SMILES string of the molecule is C=NC=C(C=C(C)C(=O)N1CCOCC1)B1OC(C)(C)C(C)(C)O1.